The lowest BCUT2D eigenvalue weighted by molar-refractivity contribution is -0.122. The molecule has 3 rings (SSSR count). The highest BCUT2D eigenvalue weighted by atomic mass is 32.1. The maximum Gasteiger partial charge on any atom is 0.335 e. The highest BCUT2D eigenvalue weighted by Crippen LogP contribution is 2.36. The molecule has 2 aromatic carbocycles. The van der Waals surface area contributed by atoms with Crippen molar-refractivity contribution in [1.82, 2.24) is 5.32 Å². The van der Waals surface area contributed by atoms with Crippen LogP contribution >= 0.6 is 12.2 Å². The third-order valence-electron chi connectivity index (χ3n) is 4.49. The van der Waals surface area contributed by atoms with Gasteiger partial charge in [-0.1, -0.05) is 6.07 Å². The minimum atomic E-state index is -1.16. The number of thiocarbonyl (C=S) groups is 1. The summed E-state index contributed by atoms with van der Waals surface area (Å²) in [6.45, 7) is 0. The average molecular weight is 442 g/mol. The lowest BCUT2D eigenvalue weighted by Gasteiger charge is -2.29. The maximum atomic E-state index is 13.2. The molecule has 2 amide bonds. The molecule has 0 aromatic heterocycles. The van der Waals surface area contributed by atoms with Gasteiger partial charge in [-0.15, -0.1) is 0 Å². The van der Waals surface area contributed by atoms with Crippen LogP contribution in [0.4, 0.5) is 5.69 Å². The minimum Gasteiger partial charge on any atom is -0.496 e. The molecule has 0 radical (unpaired) electrons. The number of anilines is 1. The number of hydrogen-bond acceptors (Lipinski definition) is 7. The largest absolute Gasteiger partial charge is 0.496 e. The molecule has 0 spiro atoms. The molecule has 0 bridgehead atoms. The summed E-state index contributed by atoms with van der Waals surface area (Å²) in [5, 5.41) is 11.5. The molecule has 2 aromatic rings. The number of hydrogen-bond donors (Lipinski definition) is 2. The van der Waals surface area contributed by atoms with E-state index in [0.717, 1.165) is 4.90 Å². The van der Waals surface area contributed by atoms with Crippen LogP contribution in [0.25, 0.3) is 6.08 Å². The Morgan fingerprint density at radius 2 is 1.71 bits per heavy atom. The van der Waals surface area contributed by atoms with Crippen LogP contribution in [0.15, 0.2) is 42.0 Å². The topological polar surface area (TPSA) is 114 Å². The first-order chi connectivity index (χ1) is 14.8. The van der Waals surface area contributed by atoms with Crippen molar-refractivity contribution >= 4 is 46.9 Å². The van der Waals surface area contributed by atoms with Crippen LogP contribution in [0.3, 0.4) is 0 Å². The Morgan fingerprint density at radius 1 is 1.06 bits per heavy atom. The quantitative estimate of drug-likeness (QED) is 0.398. The maximum absolute atomic E-state index is 13.2. The number of methoxy groups -OCH3 is 3. The Bertz CT molecular complexity index is 1100. The number of amides is 2. The van der Waals surface area contributed by atoms with Gasteiger partial charge in [0.2, 0.25) is 0 Å². The summed E-state index contributed by atoms with van der Waals surface area (Å²) in [7, 11) is 4.34. The monoisotopic (exact) mass is 442 g/mol. The molecule has 1 saturated heterocycles. The zero-order valence-corrected chi connectivity index (χ0v) is 17.6. The highest BCUT2D eigenvalue weighted by Gasteiger charge is 2.35. The molecule has 0 unspecified atom stereocenters. The molecule has 9 nitrogen and oxygen atoms in total. The SMILES string of the molecule is COc1cc(OC)c(C=C2C(=O)NC(=S)N(c3cccc(C(=O)O)c3)C2=O)c(OC)c1. The fourth-order valence-electron chi connectivity index (χ4n) is 2.99. The van der Waals surface area contributed by atoms with Crippen LogP contribution in [0.1, 0.15) is 15.9 Å². The van der Waals surface area contributed by atoms with E-state index in [2.05, 4.69) is 5.32 Å². The van der Waals surface area contributed by atoms with Crippen molar-refractivity contribution in [2.75, 3.05) is 26.2 Å². The van der Waals surface area contributed by atoms with Crippen LogP contribution < -0.4 is 24.4 Å². The van der Waals surface area contributed by atoms with Crippen molar-refractivity contribution < 1.29 is 33.7 Å². The van der Waals surface area contributed by atoms with Crippen LogP contribution in [0.2, 0.25) is 0 Å². The van der Waals surface area contributed by atoms with Crippen molar-refractivity contribution in [3.63, 3.8) is 0 Å². The van der Waals surface area contributed by atoms with E-state index in [9.17, 15) is 19.5 Å². The van der Waals surface area contributed by atoms with E-state index in [0.29, 0.717) is 22.8 Å². The van der Waals surface area contributed by atoms with Crippen LogP contribution in [-0.2, 0) is 9.59 Å². The zero-order valence-electron chi connectivity index (χ0n) is 16.8. The van der Waals surface area contributed by atoms with Gasteiger partial charge in [0.15, 0.2) is 5.11 Å². The number of nitrogens with zero attached hydrogens (tertiary/aromatic N) is 1. The van der Waals surface area contributed by atoms with Gasteiger partial charge in [-0.2, -0.15) is 0 Å². The molecule has 31 heavy (non-hydrogen) atoms. The lowest BCUT2D eigenvalue weighted by Crippen LogP contribution is -2.54. The first-order valence-electron chi connectivity index (χ1n) is 8.85. The van der Waals surface area contributed by atoms with Gasteiger partial charge in [0.1, 0.15) is 22.8 Å². The smallest absolute Gasteiger partial charge is 0.335 e. The van der Waals surface area contributed by atoms with Gasteiger partial charge in [-0.05, 0) is 36.5 Å². The minimum absolute atomic E-state index is 0.0333. The Morgan fingerprint density at radius 3 is 2.26 bits per heavy atom. The van der Waals surface area contributed by atoms with Gasteiger partial charge in [-0.3, -0.25) is 19.8 Å². The first kappa shape index (κ1) is 21.8. The van der Waals surface area contributed by atoms with Crippen LogP contribution in [0, 0.1) is 0 Å². The number of nitrogens with one attached hydrogen (secondary N) is 1. The predicted molar refractivity (Wildman–Crippen MR) is 116 cm³/mol. The number of benzene rings is 2. The molecule has 2 N–H and O–H groups in total. The molecular formula is C21H18N2O7S. The van der Waals surface area contributed by atoms with E-state index >= 15 is 0 Å². The predicted octanol–water partition coefficient (Wildman–Crippen LogP) is 2.24. The second-order valence-corrected chi connectivity index (χ2v) is 6.65. The summed E-state index contributed by atoms with van der Waals surface area (Å²) < 4.78 is 15.9. The molecular weight excluding hydrogens is 424 g/mol. The van der Waals surface area contributed by atoms with Crippen LogP contribution in [0.5, 0.6) is 17.2 Å². The summed E-state index contributed by atoms with van der Waals surface area (Å²) in [6.07, 6.45) is 1.32. The number of carboxylic acids is 1. The molecule has 0 aliphatic carbocycles. The Balaban J connectivity index is 2.12. The highest BCUT2D eigenvalue weighted by molar-refractivity contribution is 7.80. The number of rotatable bonds is 6. The van der Waals surface area contributed by atoms with E-state index in [-0.39, 0.29) is 21.9 Å². The third-order valence-corrected chi connectivity index (χ3v) is 4.78. The fourth-order valence-corrected chi connectivity index (χ4v) is 3.27. The molecule has 1 heterocycles. The number of aromatic carboxylic acids is 1. The lowest BCUT2D eigenvalue weighted by atomic mass is 10.0. The van der Waals surface area contributed by atoms with E-state index in [4.69, 9.17) is 26.4 Å². The molecule has 1 aliphatic heterocycles. The summed E-state index contributed by atoms with van der Waals surface area (Å²) in [4.78, 5) is 38.1. The Kier molecular flexibility index (Phi) is 6.21. The molecule has 10 heteroatoms. The number of carboxylic acid groups (broad SMARTS) is 1. The molecule has 160 valence electrons. The molecule has 1 fully saturated rings. The van der Waals surface area contributed by atoms with E-state index < -0.39 is 17.8 Å². The zero-order chi connectivity index (χ0) is 22.7. The molecule has 0 atom stereocenters. The number of ether oxygens (including phenoxy) is 3. The van der Waals surface area contributed by atoms with Crippen molar-refractivity contribution in [3.05, 3.63) is 53.1 Å². The van der Waals surface area contributed by atoms with Gasteiger partial charge < -0.3 is 19.3 Å². The van der Waals surface area contributed by atoms with E-state index in [1.54, 1.807) is 12.1 Å². The first-order valence-corrected chi connectivity index (χ1v) is 9.26. The standard InChI is InChI=1S/C21H18N2O7S/c1-28-13-8-16(29-2)14(17(9-13)30-3)10-15-18(24)22-21(31)23(19(15)25)12-6-4-5-11(7-12)20(26)27/h4-10H,1-3H3,(H,26,27)(H,22,24,31). The number of carbonyl (C=O) groups is 3. The second-order valence-electron chi connectivity index (χ2n) is 6.26. The van der Waals surface area contributed by atoms with Gasteiger partial charge in [0.05, 0.1) is 38.1 Å². The fraction of sp³-hybridized carbons (Fsp3) is 0.143. The summed E-state index contributed by atoms with van der Waals surface area (Å²) >= 11 is 5.15. The number of carbonyl (C=O) groups excluding carboxylic acids is 2. The van der Waals surface area contributed by atoms with Gasteiger partial charge in [0.25, 0.3) is 11.8 Å². The van der Waals surface area contributed by atoms with Gasteiger partial charge in [0, 0.05) is 12.1 Å². The van der Waals surface area contributed by atoms with Gasteiger partial charge >= 0.3 is 5.97 Å². The van der Waals surface area contributed by atoms with Crippen molar-refractivity contribution in [2.45, 2.75) is 0 Å². The van der Waals surface area contributed by atoms with E-state index in [1.807, 2.05) is 0 Å². The van der Waals surface area contributed by atoms with E-state index in [1.165, 1.54) is 51.7 Å². The van der Waals surface area contributed by atoms with Crippen molar-refractivity contribution in [1.29, 1.82) is 0 Å². The van der Waals surface area contributed by atoms with Crippen molar-refractivity contribution in [2.24, 2.45) is 0 Å². The molecule has 1 aliphatic rings. The summed E-state index contributed by atoms with van der Waals surface area (Å²) in [5.41, 5.74) is 0.274. The Hall–Kier alpha value is -3.92. The normalized spacial score (nSPS) is 15.0. The molecule has 0 saturated carbocycles. The van der Waals surface area contributed by atoms with Crippen LogP contribution in [-0.4, -0.2) is 49.3 Å². The van der Waals surface area contributed by atoms with Crippen molar-refractivity contribution in [3.8, 4) is 17.2 Å². The third kappa shape index (κ3) is 4.19. The second kappa shape index (κ2) is 8.84. The summed E-state index contributed by atoms with van der Waals surface area (Å²) in [6, 6.07) is 8.82. The Labute approximate surface area is 182 Å². The van der Waals surface area contributed by atoms with Gasteiger partial charge in [-0.25, -0.2) is 4.79 Å². The average Bonchev–Trinajstić information content (AvgIpc) is 2.76. The summed E-state index contributed by atoms with van der Waals surface area (Å²) in [5.74, 6) is -1.50.